The number of anilines is 1. The Hall–Kier alpha value is -2.71. The van der Waals surface area contributed by atoms with Gasteiger partial charge >= 0.3 is 5.97 Å². The smallest absolute Gasteiger partial charge is 0.323 e. The summed E-state index contributed by atoms with van der Waals surface area (Å²) in [4.78, 5) is 25.2. The van der Waals surface area contributed by atoms with Crippen molar-refractivity contribution in [3.63, 3.8) is 0 Å². The van der Waals surface area contributed by atoms with Gasteiger partial charge < -0.3 is 5.11 Å². The van der Waals surface area contributed by atoms with Crippen LogP contribution in [-0.2, 0) is 14.8 Å². The highest BCUT2D eigenvalue weighted by Gasteiger charge is 2.26. The fourth-order valence-corrected chi connectivity index (χ4v) is 3.77. The van der Waals surface area contributed by atoms with E-state index in [-0.39, 0.29) is 10.5 Å². The first-order valence-electron chi connectivity index (χ1n) is 8.55. The Kier molecular flexibility index (Phi) is 5.57. The lowest BCUT2D eigenvalue weighted by molar-refractivity contribution is -0.135. The summed E-state index contributed by atoms with van der Waals surface area (Å²) in [5, 5.41) is 9.15. The average Bonchev–Trinajstić information content (AvgIpc) is 3.49. The summed E-state index contributed by atoms with van der Waals surface area (Å²) in [6, 6.07) is 14.0. The molecule has 0 spiro atoms. The summed E-state index contributed by atoms with van der Waals surface area (Å²) in [6.45, 7) is -0.143. The van der Waals surface area contributed by atoms with E-state index >= 15 is 0 Å². The molecule has 0 heterocycles. The van der Waals surface area contributed by atoms with Gasteiger partial charge in [-0.1, -0.05) is 24.3 Å². The second kappa shape index (κ2) is 7.89. The Morgan fingerprint density at radius 2 is 1.78 bits per heavy atom. The Labute approximate surface area is 157 Å². The molecule has 8 heteroatoms. The topological polar surface area (TPSA) is 104 Å². The van der Waals surface area contributed by atoms with Crippen molar-refractivity contribution in [2.75, 3.05) is 18.0 Å². The van der Waals surface area contributed by atoms with Crippen LogP contribution in [0.3, 0.4) is 0 Å². The van der Waals surface area contributed by atoms with Crippen LogP contribution in [0.15, 0.2) is 59.5 Å². The molecule has 0 unspecified atom stereocenters. The van der Waals surface area contributed by atoms with Gasteiger partial charge in [0, 0.05) is 17.8 Å². The largest absolute Gasteiger partial charge is 0.480 e. The number of carbonyl (C=O) groups is 2. The van der Waals surface area contributed by atoms with Crippen LogP contribution in [0.25, 0.3) is 0 Å². The molecule has 3 rings (SSSR count). The van der Waals surface area contributed by atoms with E-state index in [4.69, 9.17) is 5.11 Å². The lowest BCUT2D eigenvalue weighted by atomic mass is 10.1. The normalized spacial score (nSPS) is 13.9. The molecule has 1 aliphatic rings. The maximum atomic E-state index is 12.9. The van der Waals surface area contributed by atoms with Crippen molar-refractivity contribution < 1.29 is 23.1 Å². The van der Waals surface area contributed by atoms with Gasteiger partial charge in [-0.15, -0.1) is 0 Å². The van der Waals surface area contributed by atoms with Gasteiger partial charge in [0.15, 0.2) is 0 Å². The van der Waals surface area contributed by atoms with Crippen LogP contribution in [0.2, 0.25) is 0 Å². The maximum absolute atomic E-state index is 12.9. The van der Waals surface area contributed by atoms with Gasteiger partial charge in [0.25, 0.3) is 5.91 Å². The molecule has 0 atom stereocenters. The number of nitrogens with zero attached hydrogens (tertiary/aromatic N) is 1. The quantitative estimate of drug-likeness (QED) is 0.721. The molecule has 0 bridgehead atoms. The van der Waals surface area contributed by atoms with Gasteiger partial charge in [0.2, 0.25) is 10.0 Å². The lowest BCUT2D eigenvalue weighted by Crippen LogP contribution is -2.36. The van der Waals surface area contributed by atoms with Gasteiger partial charge in [-0.05, 0) is 49.1 Å². The van der Waals surface area contributed by atoms with E-state index in [1.165, 1.54) is 24.3 Å². The molecule has 0 radical (unpaired) electrons. The van der Waals surface area contributed by atoms with Crippen molar-refractivity contribution in [3.05, 3.63) is 60.2 Å². The zero-order valence-corrected chi connectivity index (χ0v) is 15.4. The summed E-state index contributed by atoms with van der Waals surface area (Å²) < 4.78 is 27.4. The van der Waals surface area contributed by atoms with E-state index < -0.39 is 28.4 Å². The molecule has 0 aliphatic heterocycles. The van der Waals surface area contributed by atoms with Crippen molar-refractivity contribution in [1.29, 1.82) is 0 Å². The number of nitrogens with one attached hydrogen (secondary N) is 1. The number of para-hydroxylation sites is 1. The molecular formula is C19H20N2O5S. The Bertz CT molecular complexity index is 940. The van der Waals surface area contributed by atoms with Crippen molar-refractivity contribution in [2.45, 2.75) is 17.7 Å². The third-order valence-electron chi connectivity index (χ3n) is 4.26. The molecule has 142 valence electrons. The molecule has 0 aromatic heterocycles. The van der Waals surface area contributed by atoms with E-state index in [1.54, 1.807) is 30.3 Å². The van der Waals surface area contributed by atoms with E-state index in [0.717, 1.165) is 17.7 Å². The molecular weight excluding hydrogens is 368 g/mol. The average molecular weight is 388 g/mol. The number of carbonyl (C=O) groups excluding carboxylic acids is 1. The van der Waals surface area contributed by atoms with Gasteiger partial charge in [0.1, 0.15) is 6.54 Å². The highest BCUT2D eigenvalue weighted by Crippen LogP contribution is 2.28. The maximum Gasteiger partial charge on any atom is 0.323 e. The van der Waals surface area contributed by atoms with Crippen LogP contribution in [-0.4, -0.2) is 38.5 Å². The van der Waals surface area contributed by atoms with Crippen LogP contribution in [0, 0.1) is 5.92 Å². The SMILES string of the molecule is O=C(O)CN(C(=O)c1cccc(S(=O)(=O)NCC2CC2)c1)c1ccccc1. The minimum absolute atomic E-state index is 0.0164. The molecule has 2 N–H and O–H groups in total. The minimum atomic E-state index is -3.72. The Morgan fingerprint density at radius 3 is 2.41 bits per heavy atom. The number of rotatable bonds is 8. The first kappa shape index (κ1) is 19.1. The predicted molar refractivity (Wildman–Crippen MR) is 100 cm³/mol. The highest BCUT2D eigenvalue weighted by atomic mass is 32.2. The van der Waals surface area contributed by atoms with Crippen molar-refractivity contribution in [3.8, 4) is 0 Å². The highest BCUT2D eigenvalue weighted by molar-refractivity contribution is 7.89. The summed E-state index contributed by atoms with van der Waals surface area (Å²) in [5.74, 6) is -1.36. The van der Waals surface area contributed by atoms with Gasteiger partial charge in [-0.25, -0.2) is 13.1 Å². The minimum Gasteiger partial charge on any atom is -0.480 e. The number of aliphatic carboxylic acids is 1. The number of hydrogen-bond acceptors (Lipinski definition) is 4. The van der Waals surface area contributed by atoms with Crippen molar-refractivity contribution >= 4 is 27.6 Å². The monoisotopic (exact) mass is 388 g/mol. The zero-order valence-electron chi connectivity index (χ0n) is 14.5. The van der Waals surface area contributed by atoms with Gasteiger partial charge in [-0.3, -0.25) is 14.5 Å². The van der Waals surface area contributed by atoms with E-state index in [1.807, 2.05) is 0 Å². The van der Waals surface area contributed by atoms with Crippen molar-refractivity contribution in [1.82, 2.24) is 4.72 Å². The molecule has 7 nitrogen and oxygen atoms in total. The first-order chi connectivity index (χ1) is 12.9. The molecule has 1 aliphatic carbocycles. The number of amides is 1. The third kappa shape index (κ3) is 4.93. The number of hydrogen-bond donors (Lipinski definition) is 2. The second-order valence-corrected chi connectivity index (χ2v) is 8.21. The van der Waals surface area contributed by atoms with E-state index in [2.05, 4.69) is 4.72 Å². The fraction of sp³-hybridized carbons (Fsp3) is 0.263. The first-order valence-corrected chi connectivity index (χ1v) is 10.0. The van der Waals surface area contributed by atoms with Gasteiger partial charge in [-0.2, -0.15) is 0 Å². The number of benzene rings is 2. The molecule has 2 aromatic carbocycles. The second-order valence-electron chi connectivity index (χ2n) is 6.44. The van der Waals surface area contributed by atoms with Crippen molar-refractivity contribution in [2.24, 2.45) is 5.92 Å². The summed E-state index contributed by atoms with van der Waals surface area (Å²) >= 11 is 0. The summed E-state index contributed by atoms with van der Waals surface area (Å²) in [6.07, 6.45) is 2.03. The van der Waals surface area contributed by atoms with Crippen LogP contribution >= 0.6 is 0 Å². The van der Waals surface area contributed by atoms with Crippen LogP contribution < -0.4 is 9.62 Å². The van der Waals surface area contributed by atoms with Crippen LogP contribution in [0.5, 0.6) is 0 Å². The van der Waals surface area contributed by atoms with Crippen LogP contribution in [0.1, 0.15) is 23.2 Å². The standard InChI is InChI=1S/C19H20N2O5S/c22-18(23)13-21(16-6-2-1-3-7-16)19(24)15-5-4-8-17(11-15)27(25,26)20-12-14-9-10-14/h1-8,11,14,20H,9-10,12-13H2,(H,22,23). The summed E-state index contributed by atoms with van der Waals surface area (Å²) in [5.41, 5.74) is 0.527. The fourth-order valence-electron chi connectivity index (χ4n) is 2.61. The number of sulfonamides is 1. The van der Waals surface area contributed by atoms with E-state index in [9.17, 15) is 18.0 Å². The number of carboxylic acid groups (broad SMARTS) is 1. The molecule has 1 saturated carbocycles. The Morgan fingerprint density at radius 1 is 1.07 bits per heavy atom. The van der Waals surface area contributed by atoms with Crippen LogP contribution in [0.4, 0.5) is 5.69 Å². The lowest BCUT2D eigenvalue weighted by Gasteiger charge is -2.21. The Balaban J connectivity index is 1.87. The third-order valence-corrected chi connectivity index (χ3v) is 5.68. The molecule has 0 saturated heterocycles. The summed E-state index contributed by atoms with van der Waals surface area (Å²) in [7, 11) is -3.72. The van der Waals surface area contributed by atoms with E-state index in [0.29, 0.717) is 18.2 Å². The number of carboxylic acids is 1. The van der Waals surface area contributed by atoms with Gasteiger partial charge in [0.05, 0.1) is 4.90 Å². The molecule has 1 amide bonds. The zero-order chi connectivity index (χ0) is 19.4. The molecule has 27 heavy (non-hydrogen) atoms. The predicted octanol–water partition coefficient (Wildman–Crippen LogP) is 2.11. The molecule has 1 fully saturated rings. The molecule has 2 aromatic rings.